The highest BCUT2D eigenvalue weighted by Crippen LogP contribution is 2.21. The van der Waals surface area contributed by atoms with Crippen molar-refractivity contribution in [2.45, 2.75) is 13.8 Å². The van der Waals surface area contributed by atoms with Crippen LogP contribution < -0.4 is 10.6 Å². The standard InChI is InChI=1S/C17H15F3N2O4S/c1-8-5-10(9(2)27-8)17(25)26-7-14(24)21-6-13(23)22-12-4-3-11(18)15(19)16(12)20/h3-5H,6-7H2,1-2H3,(H,21,24)(H,22,23). The molecule has 0 radical (unpaired) electrons. The van der Waals surface area contributed by atoms with E-state index >= 15 is 0 Å². The maximum atomic E-state index is 13.5. The zero-order valence-corrected chi connectivity index (χ0v) is 15.1. The molecule has 0 aliphatic carbocycles. The summed E-state index contributed by atoms with van der Waals surface area (Å²) >= 11 is 1.41. The molecule has 2 aromatic rings. The Kier molecular flexibility index (Phi) is 6.56. The second kappa shape index (κ2) is 8.67. The number of carbonyl (C=O) groups is 3. The van der Waals surface area contributed by atoms with E-state index in [1.165, 1.54) is 11.3 Å². The van der Waals surface area contributed by atoms with E-state index in [9.17, 15) is 27.6 Å². The number of benzene rings is 1. The lowest BCUT2D eigenvalue weighted by Gasteiger charge is -2.09. The Labute approximate surface area is 156 Å². The van der Waals surface area contributed by atoms with E-state index in [-0.39, 0.29) is 0 Å². The van der Waals surface area contributed by atoms with Crippen LogP contribution in [0.2, 0.25) is 0 Å². The van der Waals surface area contributed by atoms with Crippen molar-refractivity contribution in [1.29, 1.82) is 0 Å². The molecule has 0 unspecified atom stereocenters. The molecule has 0 aliphatic heterocycles. The lowest BCUT2D eigenvalue weighted by molar-refractivity contribution is -0.126. The smallest absolute Gasteiger partial charge is 0.339 e. The van der Waals surface area contributed by atoms with Crippen LogP contribution in [-0.2, 0) is 14.3 Å². The number of anilines is 1. The van der Waals surface area contributed by atoms with Gasteiger partial charge in [-0.3, -0.25) is 9.59 Å². The topological polar surface area (TPSA) is 84.5 Å². The molecule has 27 heavy (non-hydrogen) atoms. The van der Waals surface area contributed by atoms with Gasteiger partial charge in [-0.1, -0.05) is 0 Å². The number of aryl methyl sites for hydroxylation is 2. The summed E-state index contributed by atoms with van der Waals surface area (Å²) in [4.78, 5) is 36.9. The molecular formula is C17H15F3N2O4S. The third-order valence-corrected chi connectivity index (χ3v) is 4.32. The highest BCUT2D eigenvalue weighted by atomic mass is 32.1. The summed E-state index contributed by atoms with van der Waals surface area (Å²) < 4.78 is 44.2. The van der Waals surface area contributed by atoms with Crippen LogP contribution in [0.4, 0.5) is 18.9 Å². The van der Waals surface area contributed by atoms with E-state index in [4.69, 9.17) is 4.74 Å². The molecule has 0 saturated heterocycles. The highest BCUT2D eigenvalue weighted by molar-refractivity contribution is 7.12. The molecule has 1 heterocycles. The second-order valence-corrected chi connectivity index (χ2v) is 6.91. The summed E-state index contributed by atoms with van der Waals surface area (Å²) in [6.45, 7) is 2.39. The quantitative estimate of drug-likeness (QED) is 0.577. The van der Waals surface area contributed by atoms with Crippen molar-refractivity contribution >= 4 is 34.8 Å². The molecular weight excluding hydrogens is 385 g/mol. The Balaban J connectivity index is 1.80. The van der Waals surface area contributed by atoms with Crippen molar-refractivity contribution in [3.63, 3.8) is 0 Å². The highest BCUT2D eigenvalue weighted by Gasteiger charge is 2.17. The zero-order chi connectivity index (χ0) is 20.1. The predicted octanol–water partition coefficient (Wildman–Crippen LogP) is 2.69. The number of thiophene rings is 1. The van der Waals surface area contributed by atoms with E-state index in [1.54, 1.807) is 13.0 Å². The van der Waals surface area contributed by atoms with Gasteiger partial charge in [0.25, 0.3) is 5.91 Å². The van der Waals surface area contributed by atoms with Crippen molar-refractivity contribution in [3.05, 3.63) is 51.0 Å². The molecule has 1 aromatic carbocycles. The van der Waals surface area contributed by atoms with Gasteiger partial charge in [0.05, 0.1) is 17.8 Å². The van der Waals surface area contributed by atoms with Crippen LogP contribution in [0, 0.1) is 31.3 Å². The first-order valence-electron chi connectivity index (χ1n) is 7.63. The fourth-order valence-corrected chi connectivity index (χ4v) is 3.00. The normalized spacial score (nSPS) is 10.4. The van der Waals surface area contributed by atoms with Gasteiger partial charge in [0.2, 0.25) is 5.91 Å². The van der Waals surface area contributed by atoms with Gasteiger partial charge < -0.3 is 15.4 Å². The van der Waals surface area contributed by atoms with Crippen molar-refractivity contribution in [2.75, 3.05) is 18.5 Å². The lowest BCUT2D eigenvalue weighted by Crippen LogP contribution is -2.35. The SMILES string of the molecule is Cc1cc(C(=O)OCC(=O)NCC(=O)Nc2ccc(F)c(F)c2F)c(C)s1. The van der Waals surface area contributed by atoms with Gasteiger partial charge in [-0.15, -0.1) is 11.3 Å². The van der Waals surface area contributed by atoms with E-state index in [0.29, 0.717) is 11.6 Å². The monoisotopic (exact) mass is 400 g/mol. The average Bonchev–Trinajstić information content (AvgIpc) is 2.96. The lowest BCUT2D eigenvalue weighted by atomic mass is 10.2. The van der Waals surface area contributed by atoms with Crippen LogP contribution in [0.15, 0.2) is 18.2 Å². The number of nitrogens with one attached hydrogen (secondary N) is 2. The summed E-state index contributed by atoms with van der Waals surface area (Å²) in [5, 5.41) is 4.15. The molecule has 2 rings (SSSR count). The van der Waals surface area contributed by atoms with Crippen molar-refractivity contribution in [3.8, 4) is 0 Å². The summed E-state index contributed by atoms with van der Waals surface area (Å²) in [5.74, 6) is -6.96. The molecule has 2 amide bonds. The second-order valence-electron chi connectivity index (χ2n) is 5.45. The van der Waals surface area contributed by atoms with Gasteiger partial charge in [-0.2, -0.15) is 0 Å². The van der Waals surface area contributed by atoms with E-state index in [0.717, 1.165) is 15.8 Å². The summed E-state index contributed by atoms with van der Waals surface area (Å²) in [5.41, 5.74) is -0.209. The summed E-state index contributed by atoms with van der Waals surface area (Å²) in [6, 6.07) is 3.14. The van der Waals surface area contributed by atoms with Gasteiger partial charge in [0, 0.05) is 9.75 Å². The molecule has 10 heteroatoms. The van der Waals surface area contributed by atoms with E-state index in [2.05, 4.69) is 5.32 Å². The first-order chi connectivity index (χ1) is 12.7. The van der Waals surface area contributed by atoms with Crippen LogP contribution in [0.5, 0.6) is 0 Å². The average molecular weight is 400 g/mol. The Bertz CT molecular complexity index is 899. The molecule has 0 saturated carbocycles. The first-order valence-corrected chi connectivity index (χ1v) is 8.45. The van der Waals surface area contributed by atoms with Crippen LogP contribution in [-0.4, -0.2) is 30.9 Å². The van der Waals surface area contributed by atoms with Crippen molar-refractivity contribution in [1.82, 2.24) is 5.32 Å². The minimum absolute atomic E-state index is 0.358. The maximum Gasteiger partial charge on any atom is 0.339 e. The van der Waals surface area contributed by atoms with Crippen LogP contribution >= 0.6 is 11.3 Å². The molecule has 0 aliphatic rings. The fraction of sp³-hybridized carbons (Fsp3) is 0.235. The molecule has 6 nitrogen and oxygen atoms in total. The Morgan fingerprint density at radius 1 is 1.07 bits per heavy atom. The third kappa shape index (κ3) is 5.30. The van der Waals surface area contributed by atoms with Crippen molar-refractivity contribution < 1.29 is 32.3 Å². The van der Waals surface area contributed by atoms with Crippen LogP contribution in [0.3, 0.4) is 0 Å². The van der Waals surface area contributed by atoms with E-state index in [1.807, 2.05) is 12.2 Å². The number of ether oxygens (including phenoxy) is 1. The van der Waals surface area contributed by atoms with Gasteiger partial charge in [0.15, 0.2) is 24.1 Å². The number of hydrogen-bond acceptors (Lipinski definition) is 5. The fourth-order valence-electron chi connectivity index (χ4n) is 2.09. The predicted molar refractivity (Wildman–Crippen MR) is 92.0 cm³/mol. The Morgan fingerprint density at radius 2 is 1.78 bits per heavy atom. The van der Waals surface area contributed by atoms with Gasteiger partial charge in [0.1, 0.15) is 0 Å². The van der Waals surface area contributed by atoms with Gasteiger partial charge >= 0.3 is 5.97 Å². The van der Waals surface area contributed by atoms with Crippen molar-refractivity contribution in [2.24, 2.45) is 0 Å². The zero-order valence-electron chi connectivity index (χ0n) is 14.3. The Hall–Kier alpha value is -2.88. The number of rotatable bonds is 6. The number of amides is 2. The summed E-state index contributed by atoms with van der Waals surface area (Å²) in [7, 11) is 0. The largest absolute Gasteiger partial charge is 0.452 e. The van der Waals surface area contributed by atoms with Gasteiger partial charge in [-0.25, -0.2) is 18.0 Å². The number of esters is 1. The molecule has 0 spiro atoms. The van der Waals surface area contributed by atoms with E-state index < -0.39 is 54.1 Å². The number of hydrogen-bond donors (Lipinski definition) is 2. The minimum atomic E-state index is -1.72. The maximum absolute atomic E-state index is 13.5. The summed E-state index contributed by atoms with van der Waals surface area (Å²) in [6.07, 6.45) is 0. The first kappa shape index (κ1) is 20.4. The third-order valence-electron chi connectivity index (χ3n) is 3.35. The molecule has 144 valence electrons. The van der Waals surface area contributed by atoms with Crippen LogP contribution in [0.1, 0.15) is 20.1 Å². The molecule has 2 N–H and O–H groups in total. The molecule has 0 atom stereocenters. The number of halogens is 3. The molecule has 1 aromatic heterocycles. The minimum Gasteiger partial charge on any atom is -0.452 e. The number of carbonyl (C=O) groups excluding carboxylic acids is 3. The van der Waals surface area contributed by atoms with Gasteiger partial charge in [-0.05, 0) is 32.0 Å². The molecule has 0 bridgehead atoms. The Morgan fingerprint density at radius 3 is 2.41 bits per heavy atom. The van der Waals surface area contributed by atoms with Crippen LogP contribution in [0.25, 0.3) is 0 Å². The molecule has 0 fully saturated rings.